The molecule has 1 amide bonds. The molecule has 1 aliphatic heterocycles. The van der Waals surface area contributed by atoms with Gasteiger partial charge < -0.3 is 15.5 Å². The molecule has 1 heterocycles. The first-order valence-corrected chi connectivity index (χ1v) is 8.72. The van der Waals surface area contributed by atoms with Crippen molar-refractivity contribution >= 4 is 5.91 Å². The summed E-state index contributed by atoms with van der Waals surface area (Å²) in [6, 6.07) is 0.406. The molecule has 2 aliphatic rings. The molecule has 0 spiro atoms. The predicted octanol–water partition coefficient (Wildman–Crippen LogP) is 2.08. The molecule has 2 rings (SSSR count). The number of carbonyl (C=O) groups excluding carboxylic acids is 1. The molecule has 1 aliphatic carbocycles. The molecule has 21 heavy (non-hydrogen) atoms. The first kappa shape index (κ1) is 16.8. The summed E-state index contributed by atoms with van der Waals surface area (Å²) in [7, 11) is 2.00. The number of nitrogens with zero attached hydrogens (tertiary/aromatic N) is 2. The summed E-state index contributed by atoms with van der Waals surface area (Å²) < 4.78 is 0. The fourth-order valence-electron chi connectivity index (χ4n) is 3.98. The molecule has 0 aromatic rings. The van der Waals surface area contributed by atoms with Crippen LogP contribution >= 0.6 is 0 Å². The van der Waals surface area contributed by atoms with Crippen LogP contribution < -0.4 is 5.73 Å². The Bertz CT molecular complexity index is 342. The van der Waals surface area contributed by atoms with Gasteiger partial charge >= 0.3 is 0 Å². The standard InChI is InChI=1S/C17H33N3O/c1-4-20-11-7-15(8-12-20)19(3)16(21)17(13-18)9-5-14(2)6-10-17/h14-15H,4-13,18H2,1-3H3. The molecule has 0 bridgehead atoms. The molecule has 1 saturated heterocycles. The van der Waals surface area contributed by atoms with Gasteiger partial charge in [0.15, 0.2) is 0 Å². The van der Waals surface area contributed by atoms with Crippen molar-refractivity contribution in [3.05, 3.63) is 0 Å². The zero-order valence-corrected chi connectivity index (χ0v) is 14.1. The maximum Gasteiger partial charge on any atom is 0.230 e. The van der Waals surface area contributed by atoms with Gasteiger partial charge in [-0.25, -0.2) is 0 Å². The Morgan fingerprint density at radius 2 is 1.81 bits per heavy atom. The number of piperidine rings is 1. The second-order valence-electron chi connectivity index (χ2n) is 7.25. The Hall–Kier alpha value is -0.610. The van der Waals surface area contributed by atoms with E-state index in [-0.39, 0.29) is 5.41 Å². The molecule has 1 saturated carbocycles. The van der Waals surface area contributed by atoms with E-state index in [1.54, 1.807) is 0 Å². The zero-order chi connectivity index (χ0) is 15.5. The van der Waals surface area contributed by atoms with Gasteiger partial charge in [0, 0.05) is 32.7 Å². The maximum atomic E-state index is 13.0. The Morgan fingerprint density at radius 1 is 1.24 bits per heavy atom. The largest absolute Gasteiger partial charge is 0.342 e. The predicted molar refractivity (Wildman–Crippen MR) is 87.0 cm³/mol. The van der Waals surface area contributed by atoms with Crippen LogP contribution in [0.2, 0.25) is 0 Å². The van der Waals surface area contributed by atoms with Crippen LogP contribution in [0, 0.1) is 11.3 Å². The monoisotopic (exact) mass is 295 g/mol. The fourth-order valence-corrected chi connectivity index (χ4v) is 3.98. The Labute approximate surface area is 130 Å². The second-order valence-corrected chi connectivity index (χ2v) is 7.25. The van der Waals surface area contributed by atoms with E-state index in [0.29, 0.717) is 18.5 Å². The van der Waals surface area contributed by atoms with Crippen molar-refractivity contribution < 1.29 is 4.79 Å². The minimum absolute atomic E-state index is 0.275. The van der Waals surface area contributed by atoms with Crippen molar-refractivity contribution in [2.75, 3.05) is 33.2 Å². The van der Waals surface area contributed by atoms with E-state index >= 15 is 0 Å². The van der Waals surface area contributed by atoms with Crippen molar-refractivity contribution in [1.82, 2.24) is 9.80 Å². The summed E-state index contributed by atoms with van der Waals surface area (Å²) >= 11 is 0. The molecule has 2 fully saturated rings. The van der Waals surface area contributed by atoms with Gasteiger partial charge in [0.2, 0.25) is 5.91 Å². The van der Waals surface area contributed by atoms with E-state index in [2.05, 4.69) is 18.7 Å². The van der Waals surface area contributed by atoms with Gasteiger partial charge in [-0.3, -0.25) is 4.79 Å². The lowest BCUT2D eigenvalue weighted by molar-refractivity contribution is -0.145. The summed E-state index contributed by atoms with van der Waals surface area (Å²) in [5.41, 5.74) is 5.77. The fraction of sp³-hybridized carbons (Fsp3) is 0.941. The van der Waals surface area contributed by atoms with Gasteiger partial charge in [-0.1, -0.05) is 13.8 Å². The summed E-state index contributed by atoms with van der Waals surface area (Å²) in [4.78, 5) is 17.5. The third-order valence-corrected chi connectivity index (χ3v) is 5.95. The van der Waals surface area contributed by atoms with E-state index in [9.17, 15) is 4.79 Å². The maximum absolute atomic E-state index is 13.0. The first-order chi connectivity index (χ1) is 10.0. The van der Waals surface area contributed by atoms with Crippen molar-refractivity contribution in [2.45, 2.75) is 58.4 Å². The molecular weight excluding hydrogens is 262 g/mol. The first-order valence-electron chi connectivity index (χ1n) is 8.72. The molecule has 0 atom stereocenters. The highest BCUT2D eigenvalue weighted by Gasteiger charge is 2.43. The highest BCUT2D eigenvalue weighted by molar-refractivity contribution is 5.83. The quantitative estimate of drug-likeness (QED) is 0.864. The average Bonchev–Trinajstić information content (AvgIpc) is 2.54. The molecule has 0 radical (unpaired) electrons. The molecule has 4 heteroatoms. The summed E-state index contributed by atoms with van der Waals surface area (Å²) in [6.45, 7) is 8.36. The summed E-state index contributed by atoms with van der Waals surface area (Å²) in [5.74, 6) is 1.06. The van der Waals surface area contributed by atoms with Crippen molar-refractivity contribution in [3.63, 3.8) is 0 Å². The number of rotatable bonds is 4. The Balaban J connectivity index is 1.97. The van der Waals surface area contributed by atoms with Gasteiger partial charge in [0.05, 0.1) is 5.41 Å². The number of amides is 1. The topological polar surface area (TPSA) is 49.6 Å². The summed E-state index contributed by atoms with van der Waals surface area (Å²) in [6.07, 6.45) is 6.44. The van der Waals surface area contributed by atoms with E-state index in [4.69, 9.17) is 5.73 Å². The minimum Gasteiger partial charge on any atom is -0.342 e. The van der Waals surface area contributed by atoms with Crippen LogP contribution in [0.1, 0.15) is 52.4 Å². The third kappa shape index (κ3) is 3.59. The Kier molecular flexibility index (Phi) is 5.67. The van der Waals surface area contributed by atoms with Crippen molar-refractivity contribution in [3.8, 4) is 0 Å². The normalized spacial score (nSPS) is 32.1. The van der Waals surface area contributed by atoms with Crippen molar-refractivity contribution in [1.29, 1.82) is 0 Å². The lowest BCUT2D eigenvalue weighted by Gasteiger charge is -2.43. The summed E-state index contributed by atoms with van der Waals surface area (Å²) in [5, 5.41) is 0. The zero-order valence-electron chi connectivity index (χ0n) is 14.1. The smallest absolute Gasteiger partial charge is 0.230 e. The SMILES string of the molecule is CCN1CCC(N(C)C(=O)C2(CN)CCC(C)CC2)CC1. The molecule has 0 aromatic carbocycles. The van der Waals surface area contributed by atoms with E-state index in [1.807, 2.05) is 11.9 Å². The molecule has 4 nitrogen and oxygen atoms in total. The number of hydrogen-bond acceptors (Lipinski definition) is 3. The lowest BCUT2D eigenvalue weighted by Crippen LogP contribution is -2.53. The number of likely N-dealkylation sites (tertiary alicyclic amines) is 1. The Morgan fingerprint density at radius 3 is 2.29 bits per heavy atom. The molecule has 2 N–H and O–H groups in total. The average molecular weight is 295 g/mol. The third-order valence-electron chi connectivity index (χ3n) is 5.95. The van der Waals surface area contributed by atoms with Gasteiger partial charge in [0.1, 0.15) is 0 Å². The van der Waals surface area contributed by atoms with Crippen LogP contribution in [-0.2, 0) is 4.79 Å². The number of nitrogens with two attached hydrogens (primary N) is 1. The molecule has 0 unspecified atom stereocenters. The minimum atomic E-state index is -0.275. The van der Waals surface area contributed by atoms with Crippen LogP contribution in [0.4, 0.5) is 0 Å². The van der Waals surface area contributed by atoms with Gasteiger partial charge in [-0.15, -0.1) is 0 Å². The van der Waals surface area contributed by atoms with Gasteiger partial charge in [-0.05, 0) is 51.0 Å². The number of hydrogen-bond donors (Lipinski definition) is 1. The molecule has 122 valence electrons. The highest BCUT2D eigenvalue weighted by atomic mass is 16.2. The van der Waals surface area contributed by atoms with Crippen LogP contribution in [0.3, 0.4) is 0 Å². The van der Waals surface area contributed by atoms with E-state index < -0.39 is 0 Å². The highest BCUT2D eigenvalue weighted by Crippen LogP contribution is 2.40. The van der Waals surface area contributed by atoms with E-state index in [0.717, 1.165) is 64.1 Å². The lowest BCUT2D eigenvalue weighted by atomic mass is 9.69. The van der Waals surface area contributed by atoms with E-state index in [1.165, 1.54) is 0 Å². The van der Waals surface area contributed by atoms with Crippen LogP contribution in [0.25, 0.3) is 0 Å². The van der Waals surface area contributed by atoms with Gasteiger partial charge in [-0.2, -0.15) is 0 Å². The number of carbonyl (C=O) groups is 1. The molecule has 0 aromatic heterocycles. The molecular formula is C17H33N3O. The van der Waals surface area contributed by atoms with Crippen molar-refractivity contribution in [2.24, 2.45) is 17.1 Å². The van der Waals surface area contributed by atoms with Crippen LogP contribution in [0.5, 0.6) is 0 Å². The van der Waals surface area contributed by atoms with Crippen LogP contribution in [0.15, 0.2) is 0 Å². The van der Waals surface area contributed by atoms with Gasteiger partial charge in [0.25, 0.3) is 0 Å². The van der Waals surface area contributed by atoms with Crippen LogP contribution in [-0.4, -0.2) is 55.0 Å². The second kappa shape index (κ2) is 7.10.